The van der Waals surface area contributed by atoms with Crippen LogP contribution in [0.5, 0.6) is 0 Å². The molecule has 33 heavy (non-hydrogen) atoms. The Morgan fingerprint density at radius 3 is 2.67 bits per heavy atom. The van der Waals surface area contributed by atoms with Crippen molar-refractivity contribution in [3.63, 3.8) is 0 Å². The van der Waals surface area contributed by atoms with Gasteiger partial charge in [0.05, 0.1) is 17.4 Å². The van der Waals surface area contributed by atoms with Gasteiger partial charge in [0.15, 0.2) is 0 Å². The van der Waals surface area contributed by atoms with E-state index in [0.29, 0.717) is 5.95 Å². The molecule has 2 aliphatic heterocycles. The number of likely N-dealkylation sites (tertiary alicyclic amines) is 1. The lowest BCUT2D eigenvalue weighted by atomic mass is 9.99. The second-order valence-corrected chi connectivity index (χ2v) is 9.04. The second-order valence-electron chi connectivity index (χ2n) is 9.04. The number of hydrogen-bond donors (Lipinski definition) is 0. The summed E-state index contributed by atoms with van der Waals surface area (Å²) in [5, 5.41) is 0. The van der Waals surface area contributed by atoms with Crippen LogP contribution in [0.4, 0.5) is 16.3 Å². The van der Waals surface area contributed by atoms with Crippen molar-refractivity contribution < 1.29 is 4.39 Å². The Morgan fingerprint density at radius 2 is 1.88 bits per heavy atom. The molecule has 0 aliphatic carbocycles. The zero-order valence-electron chi connectivity index (χ0n) is 19.3. The first-order valence-electron chi connectivity index (χ1n) is 11.7. The van der Waals surface area contributed by atoms with Crippen molar-refractivity contribution in [2.75, 3.05) is 43.5 Å². The molecule has 2 fully saturated rings. The lowest BCUT2D eigenvalue weighted by Crippen LogP contribution is -2.26. The number of hydrogen-bond acceptors (Lipinski definition) is 7. The number of aromatic nitrogens is 4. The van der Waals surface area contributed by atoms with E-state index in [1.807, 2.05) is 43.5 Å². The van der Waals surface area contributed by atoms with Crippen LogP contribution in [0.3, 0.4) is 0 Å². The molecule has 0 saturated carbocycles. The monoisotopic (exact) mass is 447 g/mol. The molecule has 2 saturated heterocycles. The SMILES string of the molecule is CN(C)c1ncc(-c2cccc(F)c2)c([C@H]2CCCN2Cc2ccnc(N3CCCC3)n2)n1. The molecular formula is C25H30FN7. The summed E-state index contributed by atoms with van der Waals surface area (Å²) < 4.78 is 14.0. The van der Waals surface area contributed by atoms with Crippen LogP contribution >= 0.6 is 0 Å². The Bertz CT molecular complexity index is 1110. The number of halogens is 1. The van der Waals surface area contributed by atoms with E-state index in [1.54, 1.807) is 12.1 Å². The van der Waals surface area contributed by atoms with Gasteiger partial charge in [0.1, 0.15) is 5.82 Å². The highest BCUT2D eigenvalue weighted by molar-refractivity contribution is 5.66. The molecule has 2 aliphatic rings. The lowest BCUT2D eigenvalue weighted by Gasteiger charge is -2.26. The standard InChI is InChI=1S/C25H30FN7/c1-31(2)24-28-16-21(18-7-5-8-19(26)15-18)23(30-24)22-9-6-14-33(22)17-20-10-11-27-25(29-20)32-12-3-4-13-32/h5,7-8,10-11,15-16,22H,3-4,6,9,12-14,17H2,1-2H3/t22-/m1/s1. The maximum Gasteiger partial charge on any atom is 0.225 e. The Labute approximate surface area is 194 Å². The maximum absolute atomic E-state index is 14.0. The van der Waals surface area contributed by atoms with Crippen molar-refractivity contribution in [2.45, 2.75) is 38.3 Å². The molecule has 0 unspecified atom stereocenters. The van der Waals surface area contributed by atoms with Crippen LogP contribution in [0, 0.1) is 5.82 Å². The summed E-state index contributed by atoms with van der Waals surface area (Å²) >= 11 is 0. The van der Waals surface area contributed by atoms with Gasteiger partial charge in [-0.15, -0.1) is 0 Å². The maximum atomic E-state index is 14.0. The van der Waals surface area contributed by atoms with Crippen LogP contribution < -0.4 is 9.80 Å². The first-order chi connectivity index (χ1) is 16.1. The number of rotatable bonds is 6. The zero-order chi connectivity index (χ0) is 22.8. The summed E-state index contributed by atoms with van der Waals surface area (Å²) in [6, 6.07) is 8.81. The molecule has 3 aromatic rings. The molecule has 0 amide bonds. The van der Waals surface area contributed by atoms with E-state index >= 15 is 0 Å². The summed E-state index contributed by atoms with van der Waals surface area (Å²) in [6.45, 7) is 3.76. The van der Waals surface area contributed by atoms with E-state index in [1.165, 1.54) is 18.9 Å². The first-order valence-corrected chi connectivity index (χ1v) is 11.7. The van der Waals surface area contributed by atoms with Crippen LogP contribution in [-0.2, 0) is 6.54 Å². The molecule has 2 aromatic heterocycles. The van der Waals surface area contributed by atoms with Gasteiger partial charge in [-0.25, -0.2) is 24.3 Å². The van der Waals surface area contributed by atoms with Gasteiger partial charge < -0.3 is 9.80 Å². The Hall–Kier alpha value is -3.13. The fourth-order valence-corrected chi connectivity index (χ4v) is 4.81. The van der Waals surface area contributed by atoms with Gasteiger partial charge in [0, 0.05) is 51.7 Å². The third-order valence-electron chi connectivity index (χ3n) is 6.47. The highest BCUT2D eigenvalue weighted by Crippen LogP contribution is 2.38. The van der Waals surface area contributed by atoms with Crippen LogP contribution in [0.1, 0.15) is 43.1 Å². The van der Waals surface area contributed by atoms with Gasteiger partial charge in [-0.2, -0.15) is 0 Å². The van der Waals surface area contributed by atoms with Crippen molar-refractivity contribution in [3.05, 3.63) is 59.9 Å². The smallest absolute Gasteiger partial charge is 0.225 e. The molecule has 8 heteroatoms. The third kappa shape index (κ3) is 4.66. The molecule has 0 bridgehead atoms. The highest BCUT2D eigenvalue weighted by Gasteiger charge is 2.31. The summed E-state index contributed by atoms with van der Waals surface area (Å²) in [7, 11) is 3.88. The first kappa shape index (κ1) is 21.7. The number of anilines is 2. The zero-order valence-corrected chi connectivity index (χ0v) is 19.3. The number of benzene rings is 1. The second kappa shape index (κ2) is 9.39. The van der Waals surface area contributed by atoms with Crippen molar-refractivity contribution in [1.82, 2.24) is 24.8 Å². The van der Waals surface area contributed by atoms with Gasteiger partial charge in [0.25, 0.3) is 0 Å². The largest absolute Gasteiger partial charge is 0.347 e. The lowest BCUT2D eigenvalue weighted by molar-refractivity contribution is 0.242. The molecule has 172 valence electrons. The molecule has 7 nitrogen and oxygen atoms in total. The summed E-state index contributed by atoms with van der Waals surface area (Å²) in [5.74, 6) is 1.24. The topological polar surface area (TPSA) is 61.3 Å². The molecule has 0 spiro atoms. The molecule has 1 aromatic carbocycles. The minimum Gasteiger partial charge on any atom is -0.347 e. The van der Waals surface area contributed by atoms with E-state index in [2.05, 4.69) is 19.8 Å². The van der Waals surface area contributed by atoms with Gasteiger partial charge in [-0.1, -0.05) is 12.1 Å². The van der Waals surface area contributed by atoms with E-state index in [-0.39, 0.29) is 11.9 Å². The van der Waals surface area contributed by atoms with Crippen LogP contribution in [0.15, 0.2) is 42.7 Å². The van der Waals surface area contributed by atoms with E-state index in [9.17, 15) is 4.39 Å². The van der Waals surface area contributed by atoms with E-state index in [4.69, 9.17) is 9.97 Å². The molecule has 0 N–H and O–H groups in total. The van der Waals surface area contributed by atoms with Crippen molar-refractivity contribution >= 4 is 11.9 Å². The molecule has 0 radical (unpaired) electrons. The predicted octanol–water partition coefficient (Wildman–Crippen LogP) is 4.08. The Morgan fingerprint density at radius 1 is 1.03 bits per heavy atom. The highest BCUT2D eigenvalue weighted by atomic mass is 19.1. The van der Waals surface area contributed by atoms with Crippen LogP contribution in [0.2, 0.25) is 0 Å². The molecule has 4 heterocycles. The third-order valence-corrected chi connectivity index (χ3v) is 6.47. The minimum atomic E-state index is -0.256. The summed E-state index contributed by atoms with van der Waals surface area (Å²) in [6.07, 6.45) is 8.18. The van der Waals surface area contributed by atoms with Gasteiger partial charge in [-0.05, 0) is 56.0 Å². The van der Waals surface area contributed by atoms with Crippen molar-refractivity contribution in [3.8, 4) is 11.1 Å². The van der Waals surface area contributed by atoms with Crippen LogP contribution in [-0.4, -0.2) is 58.6 Å². The fraction of sp³-hybridized carbons (Fsp3) is 0.440. The summed E-state index contributed by atoms with van der Waals surface area (Å²) in [5.41, 5.74) is 3.66. The summed E-state index contributed by atoms with van der Waals surface area (Å²) in [4.78, 5) is 25.4. The molecule has 5 rings (SSSR count). The normalized spacial score (nSPS) is 18.8. The Kier molecular flexibility index (Phi) is 6.17. The van der Waals surface area contributed by atoms with E-state index in [0.717, 1.165) is 67.5 Å². The van der Waals surface area contributed by atoms with Gasteiger partial charge >= 0.3 is 0 Å². The average Bonchev–Trinajstić information content (AvgIpc) is 3.51. The van der Waals surface area contributed by atoms with Gasteiger partial charge in [-0.3, -0.25) is 4.90 Å². The molecule has 1 atom stereocenters. The van der Waals surface area contributed by atoms with Gasteiger partial charge in [0.2, 0.25) is 11.9 Å². The van der Waals surface area contributed by atoms with Crippen molar-refractivity contribution in [1.29, 1.82) is 0 Å². The average molecular weight is 448 g/mol. The predicted molar refractivity (Wildman–Crippen MR) is 128 cm³/mol. The van der Waals surface area contributed by atoms with E-state index < -0.39 is 0 Å². The fourth-order valence-electron chi connectivity index (χ4n) is 4.81. The molecular weight excluding hydrogens is 417 g/mol. The number of nitrogens with zero attached hydrogens (tertiary/aromatic N) is 7. The van der Waals surface area contributed by atoms with Crippen LogP contribution in [0.25, 0.3) is 11.1 Å². The quantitative estimate of drug-likeness (QED) is 0.564. The van der Waals surface area contributed by atoms with Crippen molar-refractivity contribution in [2.24, 2.45) is 0 Å². The Balaban J connectivity index is 1.46. The minimum absolute atomic E-state index is 0.121.